The normalized spacial score (nSPS) is 26.6. The number of ether oxygens (including phenoxy) is 1. The number of hydrogen-bond donors (Lipinski definition) is 0. The zero-order chi connectivity index (χ0) is 21.4. The minimum atomic E-state index is -2.04. The van der Waals surface area contributed by atoms with Gasteiger partial charge in [0.15, 0.2) is 0 Å². The fraction of sp³-hybridized carbons (Fsp3) is 0.739. The average molecular weight is 421 g/mol. The molecule has 2 aliphatic heterocycles. The van der Waals surface area contributed by atoms with Crippen LogP contribution in [0, 0.1) is 0 Å². The minimum absolute atomic E-state index is 0.0908. The molecule has 0 radical (unpaired) electrons. The highest BCUT2D eigenvalue weighted by molar-refractivity contribution is 6.74. The van der Waals surface area contributed by atoms with Crippen molar-refractivity contribution in [2.24, 2.45) is 0 Å². The lowest BCUT2D eigenvalue weighted by Gasteiger charge is -2.52. The van der Waals surface area contributed by atoms with Crippen molar-refractivity contribution in [2.45, 2.75) is 89.7 Å². The zero-order valence-corrected chi connectivity index (χ0v) is 20.6. The Kier molecular flexibility index (Phi) is 6.52. The fourth-order valence-electron chi connectivity index (χ4n) is 4.09. The standard InChI is InChI=1S/C23H40N2O3Si/c1-22(2,3)29(7,8)28-25-21(24-15-9-10-16-24)20(17-23(4,5)27-25)18-11-13-19(26-6)14-12-18/h11-14,20-21H,9-10,15-17H2,1-8H3/t20-,21+/m1/s1. The lowest BCUT2D eigenvalue weighted by molar-refractivity contribution is -0.428. The minimum Gasteiger partial charge on any atom is -0.497 e. The van der Waals surface area contributed by atoms with Gasteiger partial charge in [0, 0.05) is 5.92 Å². The van der Waals surface area contributed by atoms with Crippen LogP contribution in [0.1, 0.15) is 65.4 Å². The van der Waals surface area contributed by atoms with Crippen molar-refractivity contribution in [3.8, 4) is 5.75 Å². The third-order valence-corrected chi connectivity index (χ3v) is 11.1. The molecule has 0 spiro atoms. The lowest BCUT2D eigenvalue weighted by Crippen LogP contribution is -2.61. The molecule has 0 N–H and O–H groups in total. The quantitative estimate of drug-likeness (QED) is 0.583. The molecule has 6 heteroatoms. The van der Waals surface area contributed by atoms with Crippen LogP contribution in [-0.4, -0.2) is 50.4 Å². The van der Waals surface area contributed by atoms with Gasteiger partial charge in [-0.1, -0.05) is 38.1 Å². The van der Waals surface area contributed by atoms with Gasteiger partial charge in [0.05, 0.1) is 12.7 Å². The molecule has 0 unspecified atom stereocenters. The second kappa shape index (κ2) is 8.31. The summed E-state index contributed by atoms with van der Waals surface area (Å²) in [5.41, 5.74) is 1.03. The van der Waals surface area contributed by atoms with Crippen LogP contribution < -0.4 is 4.74 Å². The Bertz CT molecular complexity index is 678. The largest absolute Gasteiger partial charge is 0.497 e. The number of nitrogens with zero attached hydrogens (tertiary/aromatic N) is 2. The molecule has 0 amide bonds. The summed E-state index contributed by atoms with van der Waals surface area (Å²) in [6.07, 6.45) is 3.53. The third kappa shape index (κ3) is 5.05. The Balaban J connectivity index is 1.98. The monoisotopic (exact) mass is 420 g/mol. The van der Waals surface area contributed by atoms with Gasteiger partial charge < -0.3 is 9.26 Å². The van der Waals surface area contributed by atoms with E-state index in [1.165, 1.54) is 18.4 Å². The summed E-state index contributed by atoms with van der Waals surface area (Å²) in [5.74, 6) is 1.21. The number of likely N-dealkylation sites (tertiary alicyclic amines) is 1. The maximum absolute atomic E-state index is 6.78. The van der Waals surface area contributed by atoms with Gasteiger partial charge >= 0.3 is 0 Å². The van der Waals surface area contributed by atoms with E-state index in [0.717, 1.165) is 25.3 Å². The van der Waals surface area contributed by atoms with E-state index in [9.17, 15) is 0 Å². The molecule has 0 saturated carbocycles. The van der Waals surface area contributed by atoms with Crippen molar-refractivity contribution in [1.29, 1.82) is 0 Å². The molecule has 2 aliphatic rings. The Morgan fingerprint density at radius 1 is 1.07 bits per heavy atom. The maximum Gasteiger partial charge on any atom is 0.223 e. The topological polar surface area (TPSA) is 34.2 Å². The molecule has 0 bridgehead atoms. The average Bonchev–Trinajstić information content (AvgIpc) is 3.13. The van der Waals surface area contributed by atoms with E-state index in [1.807, 2.05) is 5.23 Å². The predicted molar refractivity (Wildman–Crippen MR) is 120 cm³/mol. The lowest BCUT2D eigenvalue weighted by atomic mass is 9.84. The number of methoxy groups -OCH3 is 1. The molecule has 2 fully saturated rings. The maximum atomic E-state index is 6.78. The van der Waals surface area contributed by atoms with Crippen LogP contribution in [0.3, 0.4) is 0 Å². The van der Waals surface area contributed by atoms with Gasteiger partial charge in [-0.05, 0) is 82.0 Å². The Labute approximate surface area is 178 Å². The van der Waals surface area contributed by atoms with Crippen LogP contribution in [0.25, 0.3) is 0 Å². The van der Waals surface area contributed by atoms with Gasteiger partial charge in [0.25, 0.3) is 0 Å². The van der Waals surface area contributed by atoms with Crippen LogP contribution in [0.2, 0.25) is 18.1 Å². The van der Waals surface area contributed by atoms with Crippen LogP contribution >= 0.6 is 0 Å². The van der Waals surface area contributed by atoms with Crippen molar-refractivity contribution in [1.82, 2.24) is 10.1 Å². The number of benzene rings is 1. The van der Waals surface area contributed by atoms with Crippen LogP contribution in [-0.2, 0) is 9.36 Å². The Hall–Kier alpha value is -0.923. The van der Waals surface area contributed by atoms with E-state index < -0.39 is 8.32 Å². The molecule has 0 aliphatic carbocycles. The Morgan fingerprint density at radius 2 is 1.66 bits per heavy atom. The van der Waals surface area contributed by atoms with E-state index in [0.29, 0.717) is 5.92 Å². The first-order valence-electron chi connectivity index (χ1n) is 11.0. The van der Waals surface area contributed by atoms with E-state index in [1.54, 1.807) is 7.11 Å². The molecule has 1 aromatic rings. The summed E-state index contributed by atoms with van der Waals surface area (Å²) in [6.45, 7) is 18.0. The first-order chi connectivity index (χ1) is 13.4. The summed E-state index contributed by atoms with van der Waals surface area (Å²) >= 11 is 0. The highest BCUT2D eigenvalue weighted by atomic mass is 28.4. The smallest absolute Gasteiger partial charge is 0.223 e. The van der Waals surface area contributed by atoms with Gasteiger partial charge in [0.1, 0.15) is 11.9 Å². The fourth-order valence-corrected chi connectivity index (χ4v) is 4.96. The predicted octanol–water partition coefficient (Wildman–Crippen LogP) is 5.55. The van der Waals surface area contributed by atoms with Gasteiger partial charge in [-0.2, -0.15) is 0 Å². The number of rotatable bonds is 5. The first-order valence-corrected chi connectivity index (χ1v) is 13.9. The van der Waals surface area contributed by atoms with E-state index >= 15 is 0 Å². The molecule has 29 heavy (non-hydrogen) atoms. The van der Waals surface area contributed by atoms with Crippen LogP contribution in [0.5, 0.6) is 5.75 Å². The van der Waals surface area contributed by atoms with E-state index in [2.05, 4.69) is 76.9 Å². The van der Waals surface area contributed by atoms with Crippen LogP contribution in [0.4, 0.5) is 0 Å². The molecule has 0 aromatic heterocycles. The SMILES string of the molecule is COc1ccc([C@H]2CC(C)(C)ON(O[Si](C)(C)C(C)(C)C)[C@@H]2N2CCCC2)cc1. The van der Waals surface area contributed by atoms with E-state index in [4.69, 9.17) is 14.1 Å². The summed E-state index contributed by atoms with van der Waals surface area (Å²) in [6, 6.07) is 8.55. The molecule has 2 heterocycles. The summed E-state index contributed by atoms with van der Waals surface area (Å²) < 4.78 is 12.2. The molecule has 164 valence electrons. The molecular formula is C23H40N2O3Si. The van der Waals surface area contributed by atoms with Crippen molar-refractivity contribution in [3.63, 3.8) is 0 Å². The van der Waals surface area contributed by atoms with Gasteiger partial charge in [-0.25, -0.2) is 0 Å². The van der Waals surface area contributed by atoms with Crippen molar-refractivity contribution < 1.29 is 14.1 Å². The Morgan fingerprint density at radius 3 is 2.17 bits per heavy atom. The summed E-state index contributed by atoms with van der Waals surface area (Å²) in [5, 5.41) is 2.02. The highest BCUT2D eigenvalue weighted by Crippen LogP contribution is 2.45. The van der Waals surface area contributed by atoms with Gasteiger partial charge in [-0.3, -0.25) is 9.74 Å². The van der Waals surface area contributed by atoms with Crippen LogP contribution in [0.15, 0.2) is 24.3 Å². The van der Waals surface area contributed by atoms with Crippen molar-refractivity contribution in [2.75, 3.05) is 20.2 Å². The zero-order valence-electron chi connectivity index (χ0n) is 19.6. The second-order valence-corrected chi connectivity index (χ2v) is 15.4. The molecule has 3 rings (SSSR count). The van der Waals surface area contributed by atoms with Crippen molar-refractivity contribution >= 4 is 8.32 Å². The van der Waals surface area contributed by atoms with E-state index in [-0.39, 0.29) is 16.8 Å². The summed E-state index contributed by atoms with van der Waals surface area (Å²) in [7, 11) is -0.322. The molecule has 2 saturated heterocycles. The van der Waals surface area contributed by atoms with Crippen molar-refractivity contribution in [3.05, 3.63) is 29.8 Å². The molecule has 1 aromatic carbocycles. The first kappa shape index (κ1) is 22.8. The molecule has 5 nitrogen and oxygen atoms in total. The molecular weight excluding hydrogens is 380 g/mol. The highest BCUT2D eigenvalue weighted by Gasteiger charge is 2.50. The number of hydrogen-bond acceptors (Lipinski definition) is 5. The second-order valence-electron chi connectivity index (χ2n) is 10.7. The third-order valence-electron chi connectivity index (χ3n) is 6.81. The summed E-state index contributed by atoms with van der Waals surface area (Å²) in [4.78, 5) is 9.06. The number of hydroxylamine groups is 2. The van der Waals surface area contributed by atoms with Gasteiger partial charge in [0.2, 0.25) is 8.32 Å². The van der Waals surface area contributed by atoms with Gasteiger partial charge in [-0.15, -0.1) is 0 Å². The molecule has 2 atom stereocenters.